The molecule has 0 radical (unpaired) electrons. The Morgan fingerprint density at radius 1 is 1.40 bits per heavy atom. The first kappa shape index (κ1) is 14.3. The molecule has 0 aromatic heterocycles. The Kier molecular flexibility index (Phi) is 4.54. The van der Waals surface area contributed by atoms with E-state index in [1.165, 1.54) is 19.2 Å². The second-order valence-electron chi connectivity index (χ2n) is 4.14. The van der Waals surface area contributed by atoms with Crippen LogP contribution in [0.25, 0.3) is 0 Å². The van der Waals surface area contributed by atoms with Crippen molar-refractivity contribution in [2.45, 2.75) is 6.10 Å². The summed E-state index contributed by atoms with van der Waals surface area (Å²) in [5.74, 6) is -1.19. The standard InChI is InChI=1S/C13H15NO6/c1-18-8-2-3-10(9(6-8)13(16)17)14-12(15)11-7-19-4-5-20-11/h2-3,6,11H,4-5,7H2,1H3,(H,14,15)(H,16,17)/t11-/m0/s1. The number of hydrogen-bond donors (Lipinski definition) is 2. The molecular formula is C13H15NO6. The number of benzene rings is 1. The summed E-state index contributed by atoms with van der Waals surface area (Å²) in [5.41, 5.74) is 0.145. The van der Waals surface area contributed by atoms with Crippen LogP contribution in [0.5, 0.6) is 5.75 Å². The summed E-state index contributed by atoms with van der Waals surface area (Å²) in [6, 6.07) is 4.39. The number of carboxylic acid groups (broad SMARTS) is 1. The molecule has 0 unspecified atom stereocenters. The minimum absolute atomic E-state index is 0.0468. The first-order valence-corrected chi connectivity index (χ1v) is 6.03. The third-order valence-electron chi connectivity index (χ3n) is 2.82. The summed E-state index contributed by atoms with van der Waals surface area (Å²) in [7, 11) is 1.44. The molecule has 1 aromatic carbocycles. The zero-order chi connectivity index (χ0) is 14.5. The van der Waals surface area contributed by atoms with Crippen molar-refractivity contribution in [3.63, 3.8) is 0 Å². The van der Waals surface area contributed by atoms with Crippen molar-refractivity contribution in [3.05, 3.63) is 23.8 Å². The minimum Gasteiger partial charge on any atom is -0.497 e. The summed E-state index contributed by atoms with van der Waals surface area (Å²) in [6.07, 6.45) is -0.729. The maximum Gasteiger partial charge on any atom is 0.337 e. The van der Waals surface area contributed by atoms with Gasteiger partial charge in [0.25, 0.3) is 5.91 Å². The van der Waals surface area contributed by atoms with Crippen LogP contribution in [0.15, 0.2) is 18.2 Å². The van der Waals surface area contributed by atoms with Crippen LogP contribution in [0.2, 0.25) is 0 Å². The third-order valence-corrected chi connectivity index (χ3v) is 2.82. The third kappa shape index (κ3) is 3.25. The van der Waals surface area contributed by atoms with Gasteiger partial charge in [-0.3, -0.25) is 4.79 Å². The Morgan fingerprint density at radius 2 is 2.20 bits per heavy atom. The van der Waals surface area contributed by atoms with Crippen LogP contribution in [0.3, 0.4) is 0 Å². The van der Waals surface area contributed by atoms with E-state index >= 15 is 0 Å². The smallest absolute Gasteiger partial charge is 0.337 e. The number of hydrogen-bond acceptors (Lipinski definition) is 5. The van der Waals surface area contributed by atoms with E-state index in [0.717, 1.165) is 0 Å². The number of carbonyl (C=O) groups is 2. The number of aromatic carboxylic acids is 1. The van der Waals surface area contributed by atoms with Crippen LogP contribution in [0.1, 0.15) is 10.4 Å². The zero-order valence-electron chi connectivity index (χ0n) is 10.9. The van der Waals surface area contributed by atoms with Gasteiger partial charge in [0, 0.05) is 0 Å². The van der Waals surface area contributed by atoms with Gasteiger partial charge in [0.1, 0.15) is 5.75 Å². The van der Waals surface area contributed by atoms with Crippen LogP contribution >= 0.6 is 0 Å². The normalized spacial score (nSPS) is 18.4. The number of rotatable bonds is 4. The lowest BCUT2D eigenvalue weighted by Crippen LogP contribution is -2.39. The highest BCUT2D eigenvalue weighted by Crippen LogP contribution is 2.22. The van der Waals surface area contributed by atoms with Crippen molar-refractivity contribution in [1.29, 1.82) is 0 Å². The van der Waals surface area contributed by atoms with Gasteiger partial charge in [-0.25, -0.2) is 4.79 Å². The maximum absolute atomic E-state index is 12.0. The second-order valence-corrected chi connectivity index (χ2v) is 4.14. The number of methoxy groups -OCH3 is 1. The van der Waals surface area contributed by atoms with Crippen LogP contribution < -0.4 is 10.1 Å². The average molecular weight is 281 g/mol. The fourth-order valence-corrected chi connectivity index (χ4v) is 1.79. The molecule has 1 atom stereocenters. The molecule has 1 aliphatic heterocycles. The number of anilines is 1. The molecule has 108 valence electrons. The Labute approximate surface area is 115 Å². The highest BCUT2D eigenvalue weighted by Gasteiger charge is 2.24. The minimum atomic E-state index is -1.15. The molecule has 0 spiro atoms. The Hall–Kier alpha value is -2.12. The number of amides is 1. The molecule has 1 heterocycles. The zero-order valence-corrected chi connectivity index (χ0v) is 10.9. The van der Waals surface area contributed by atoms with Crippen LogP contribution in [0.4, 0.5) is 5.69 Å². The van der Waals surface area contributed by atoms with Gasteiger partial charge < -0.3 is 24.6 Å². The van der Waals surface area contributed by atoms with E-state index in [4.69, 9.17) is 19.3 Å². The molecule has 0 bridgehead atoms. The van der Waals surface area contributed by atoms with Crippen LogP contribution in [-0.2, 0) is 14.3 Å². The number of carbonyl (C=O) groups excluding carboxylic acids is 1. The lowest BCUT2D eigenvalue weighted by molar-refractivity contribution is -0.142. The van der Waals surface area contributed by atoms with E-state index in [1.54, 1.807) is 6.07 Å². The van der Waals surface area contributed by atoms with Crippen molar-refractivity contribution in [3.8, 4) is 5.75 Å². The fourth-order valence-electron chi connectivity index (χ4n) is 1.79. The first-order chi connectivity index (χ1) is 9.61. The predicted octanol–water partition coefficient (Wildman–Crippen LogP) is 0.747. The second kappa shape index (κ2) is 6.36. The predicted molar refractivity (Wildman–Crippen MR) is 69.1 cm³/mol. The lowest BCUT2D eigenvalue weighted by atomic mass is 10.1. The largest absolute Gasteiger partial charge is 0.497 e. The Morgan fingerprint density at radius 3 is 2.80 bits per heavy atom. The van der Waals surface area contributed by atoms with E-state index < -0.39 is 18.0 Å². The highest BCUT2D eigenvalue weighted by molar-refractivity contribution is 6.02. The SMILES string of the molecule is COc1ccc(NC(=O)[C@@H]2COCCO2)c(C(=O)O)c1. The molecule has 7 nitrogen and oxygen atoms in total. The molecule has 0 aliphatic carbocycles. The van der Waals surface area contributed by atoms with E-state index in [2.05, 4.69) is 5.32 Å². The summed E-state index contributed by atoms with van der Waals surface area (Å²) >= 11 is 0. The summed E-state index contributed by atoms with van der Waals surface area (Å²) in [6.45, 7) is 0.948. The molecular weight excluding hydrogens is 266 g/mol. The molecule has 2 rings (SSSR count). The molecule has 1 aromatic rings. The van der Waals surface area contributed by atoms with E-state index in [1.807, 2.05) is 0 Å². The quantitative estimate of drug-likeness (QED) is 0.845. The topological polar surface area (TPSA) is 94.1 Å². The lowest BCUT2D eigenvalue weighted by Gasteiger charge is -2.22. The summed E-state index contributed by atoms with van der Waals surface area (Å²) < 4.78 is 15.3. The van der Waals surface area contributed by atoms with Gasteiger partial charge in [-0.05, 0) is 18.2 Å². The van der Waals surface area contributed by atoms with Gasteiger partial charge in [-0.2, -0.15) is 0 Å². The molecule has 1 fully saturated rings. The molecule has 2 N–H and O–H groups in total. The van der Waals surface area contributed by atoms with Crippen molar-refractivity contribution >= 4 is 17.6 Å². The summed E-state index contributed by atoms with van der Waals surface area (Å²) in [5, 5.41) is 11.7. The first-order valence-electron chi connectivity index (χ1n) is 6.03. The molecule has 0 saturated carbocycles. The van der Waals surface area contributed by atoms with Crippen molar-refractivity contribution in [2.24, 2.45) is 0 Å². The van der Waals surface area contributed by atoms with Crippen molar-refractivity contribution < 1.29 is 28.9 Å². The fraction of sp³-hybridized carbons (Fsp3) is 0.385. The molecule has 20 heavy (non-hydrogen) atoms. The van der Waals surface area contributed by atoms with E-state index in [0.29, 0.717) is 19.0 Å². The van der Waals surface area contributed by atoms with Gasteiger partial charge in [0.2, 0.25) is 0 Å². The van der Waals surface area contributed by atoms with Crippen LogP contribution in [0, 0.1) is 0 Å². The number of ether oxygens (including phenoxy) is 3. The monoisotopic (exact) mass is 281 g/mol. The Bertz CT molecular complexity index is 510. The van der Waals surface area contributed by atoms with Crippen molar-refractivity contribution in [2.75, 3.05) is 32.2 Å². The Balaban J connectivity index is 2.15. The van der Waals surface area contributed by atoms with Gasteiger partial charge in [0.05, 0.1) is 38.2 Å². The van der Waals surface area contributed by atoms with Gasteiger partial charge in [0.15, 0.2) is 6.10 Å². The van der Waals surface area contributed by atoms with Crippen molar-refractivity contribution in [1.82, 2.24) is 0 Å². The van der Waals surface area contributed by atoms with Gasteiger partial charge in [-0.15, -0.1) is 0 Å². The van der Waals surface area contributed by atoms with Gasteiger partial charge >= 0.3 is 5.97 Å². The van der Waals surface area contributed by atoms with E-state index in [9.17, 15) is 9.59 Å². The number of carboxylic acids is 1. The highest BCUT2D eigenvalue weighted by atomic mass is 16.6. The number of nitrogens with one attached hydrogen (secondary N) is 1. The molecule has 1 amide bonds. The maximum atomic E-state index is 12.0. The van der Waals surface area contributed by atoms with Gasteiger partial charge in [-0.1, -0.05) is 0 Å². The molecule has 1 aliphatic rings. The average Bonchev–Trinajstić information content (AvgIpc) is 2.48. The molecule has 1 saturated heterocycles. The van der Waals surface area contributed by atoms with Crippen LogP contribution in [-0.4, -0.2) is 50.0 Å². The summed E-state index contributed by atoms with van der Waals surface area (Å²) in [4.78, 5) is 23.1. The molecule has 7 heteroatoms. The van der Waals surface area contributed by atoms with E-state index in [-0.39, 0.29) is 17.9 Å².